The Morgan fingerprint density at radius 1 is 0.538 bits per heavy atom. The summed E-state index contributed by atoms with van der Waals surface area (Å²) in [6, 6.07) is 33.0. The maximum absolute atomic E-state index is 2.44. The normalized spacial score (nSPS) is 11.7. The highest BCUT2D eigenvalue weighted by Crippen LogP contribution is 2.38. The summed E-state index contributed by atoms with van der Waals surface area (Å²) in [5.41, 5.74) is 5.39. The van der Waals surface area contributed by atoms with E-state index in [-0.39, 0.29) is 0 Å². The second kappa shape index (κ2) is 6.58. The van der Waals surface area contributed by atoms with Crippen LogP contribution in [0.2, 0.25) is 19.6 Å². The summed E-state index contributed by atoms with van der Waals surface area (Å²) in [5.74, 6) is 0. The first-order valence-electron chi connectivity index (χ1n) is 9.23. The highest BCUT2D eigenvalue weighted by Gasteiger charge is 2.25. The van der Waals surface area contributed by atoms with Crippen LogP contribution in [0.1, 0.15) is 0 Å². The predicted octanol–water partition coefficient (Wildman–Crippen LogP) is 6.72. The molecule has 0 N–H and O–H groups in total. The summed E-state index contributed by atoms with van der Waals surface area (Å²) in [6.07, 6.45) is 0. The van der Waals surface area contributed by atoms with Crippen molar-refractivity contribution in [3.8, 4) is 22.3 Å². The maximum atomic E-state index is 2.44. The first-order valence-corrected chi connectivity index (χ1v) is 12.7. The molecule has 0 saturated heterocycles. The van der Waals surface area contributed by atoms with E-state index in [0.717, 1.165) is 0 Å². The van der Waals surface area contributed by atoms with Gasteiger partial charge in [0.15, 0.2) is 0 Å². The van der Waals surface area contributed by atoms with Crippen LogP contribution in [0.5, 0.6) is 0 Å². The molecule has 0 unspecified atom stereocenters. The number of hydrogen-bond donors (Lipinski definition) is 0. The highest BCUT2D eigenvalue weighted by molar-refractivity contribution is 6.90. The van der Waals surface area contributed by atoms with E-state index in [9.17, 15) is 0 Å². The zero-order valence-electron chi connectivity index (χ0n) is 15.7. The lowest BCUT2D eigenvalue weighted by Crippen LogP contribution is -2.39. The molecular weight excluding hydrogens is 328 g/mol. The van der Waals surface area contributed by atoms with Gasteiger partial charge in [0.25, 0.3) is 0 Å². The standard InChI is InChI=1S/C25H24Si/c1-26(2,3)23-18-21-16-10-11-17-22(21)24(19-12-6-4-7-13-19)25(23)20-14-8-5-9-15-20/h4-18H,1-3H3. The molecule has 26 heavy (non-hydrogen) atoms. The van der Waals surface area contributed by atoms with Gasteiger partial charge in [-0.15, -0.1) is 0 Å². The van der Waals surface area contributed by atoms with Gasteiger partial charge in [0.05, 0.1) is 8.07 Å². The Hall–Kier alpha value is -2.64. The van der Waals surface area contributed by atoms with Crippen molar-refractivity contribution in [1.29, 1.82) is 0 Å². The number of benzene rings is 4. The minimum atomic E-state index is -1.54. The number of fused-ring (bicyclic) bond motifs is 1. The van der Waals surface area contributed by atoms with E-state index in [1.165, 1.54) is 38.2 Å². The largest absolute Gasteiger partial charge is 0.0784 e. The molecule has 0 aliphatic heterocycles. The fourth-order valence-electron chi connectivity index (χ4n) is 3.75. The van der Waals surface area contributed by atoms with Crippen LogP contribution < -0.4 is 5.19 Å². The van der Waals surface area contributed by atoms with Crippen molar-refractivity contribution in [2.75, 3.05) is 0 Å². The lowest BCUT2D eigenvalue weighted by Gasteiger charge is -2.26. The van der Waals surface area contributed by atoms with Crippen molar-refractivity contribution in [2.45, 2.75) is 19.6 Å². The van der Waals surface area contributed by atoms with Crippen molar-refractivity contribution in [3.05, 3.63) is 91.0 Å². The summed E-state index contributed by atoms with van der Waals surface area (Å²) in [7, 11) is -1.54. The second-order valence-corrected chi connectivity index (χ2v) is 12.9. The molecule has 0 radical (unpaired) electrons. The maximum Gasteiger partial charge on any atom is 0.0784 e. The van der Waals surface area contributed by atoms with Crippen molar-refractivity contribution < 1.29 is 0 Å². The van der Waals surface area contributed by atoms with Gasteiger partial charge in [-0.25, -0.2) is 0 Å². The monoisotopic (exact) mass is 352 g/mol. The van der Waals surface area contributed by atoms with Gasteiger partial charge in [-0.05, 0) is 33.0 Å². The van der Waals surface area contributed by atoms with E-state index in [2.05, 4.69) is 111 Å². The number of rotatable bonds is 3. The van der Waals surface area contributed by atoms with E-state index in [4.69, 9.17) is 0 Å². The Kier molecular flexibility index (Phi) is 4.26. The molecule has 0 bridgehead atoms. The van der Waals surface area contributed by atoms with Crippen LogP contribution in [0, 0.1) is 0 Å². The van der Waals surface area contributed by atoms with Gasteiger partial charge in [0.2, 0.25) is 0 Å². The summed E-state index contributed by atoms with van der Waals surface area (Å²) < 4.78 is 0. The Labute approximate surface area is 157 Å². The Morgan fingerprint density at radius 3 is 1.62 bits per heavy atom. The van der Waals surface area contributed by atoms with Gasteiger partial charge in [-0.1, -0.05) is 116 Å². The molecule has 0 fully saturated rings. The molecule has 0 saturated carbocycles. The molecule has 4 rings (SSSR count). The van der Waals surface area contributed by atoms with Crippen LogP contribution in [0.3, 0.4) is 0 Å². The van der Waals surface area contributed by atoms with Crippen molar-refractivity contribution in [1.82, 2.24) is 0 Å². The zero-order valence-corrected chi connectivity index (χ0v) is 16.7. The average Bonchev–Trinajstić information content (AvgIpc) is 2.67. The van der Waals surface area contributed by atoms with Gasteiger partial charge in [0, 0.05) is 0 Å². The fourth-order valence-corrected chi connectivity index (χ4v) is 5.36. The van der Waals surface area contributed by atoms with Crippen molar-refractivity contribution >= 4 is 24.0 Å². The third-order valence-electron chi connectivity index (χ3n) is 4.98. The molecule has 1 heteroatoms. The highest BCUT2D eigenvalue weighted by atomic mass is 28.3. The molecule has 0 atom stereocenters. The molecular formula is C25H24Si. The Balaban J connectivity index is 2.21. The molecule has 0 spiro atoms. The molecule has 4 aromatic carbocycles. The Bertz CT molecular complexity index is 1040. The summed E-state index contributed by atoms with van der Waals surface area (Å²) in [4.78, 5) is 0. The third-order valence-corrected chi connectivity index (χ3v) is 6.99. The first kappa shape index (κ1) is 16.8. The molecule has 0 aliphatic rings. The van der Waals surface area contributed by atoms with Gasteiger partial charge in [0.1, 0.15) is 0 Å². The van der Waals surface area contributed by atoms with Crippen LogP contribution in [-0.4, -0.2) is 8.07 Å². The summed E-state index contributed by atoms with van der Waals surface area (Å²) in [6.45, 7) is 7.33. The van der Waals surface area contributed by atoms with E-state index in [1.54, 1.807) is 0 Å². The van der Waals surface area contributed by atoms with Crippen molar-refractivity contribution in [2.24, 2.45) is 0 Å². The minimum Gasteiger partial charge on any atom is -0.0656 e. The van der Waals surface area contributed by atoms with Gasteiger partial charge in [-0.2, -0.15) is 0 Å². The molecule has 0 aliphatic carbocycles. The predicted molar refractivity (Wildman–Crippen MR) is 118 cm³/mol. The fraction of sp³-hybridized carbons (Fsp3) is 0.120. The van der Waals surface area contributed by atoms with E-state index in [1.807, 2.05) is 0 Å². The molecule has 0 aromatic heterocycles. The van der Waals surface area contributed by atoms with Crippen molar-refractivity contribution in [3.63, 3.8) is 0 Å². The molecule has 0 amide bonds. The number of hydrogen-bond acceptors (Lipinski definition) is 0. The summed E-state index contributed by atoms with van der Waals surface area (Å²) >= 11 is 0. The van der Waals surface area contributed by atoms with Crippen LogP contribution >= 0.6 is 0 Å². The van der Waals surface area contributed by atoms with Crippen LogP contribution in [0.25, 0.3) is 33.0 Å². The summed E-state index contributed by atoms with van der Waals surface area (Å²) in [5, 5.41) is 4.20. The molecule has 4 aromatic rings. The lowest BCUT2D eigenvalue weighted by molar-refractivity contribution is 1.61. The van der Waals surface area contributed by atoms with Crippen LogP contribution in [0.4, 0.5) is 0 Å². The SMILES string of the molecule is C[Si](C)(C)c1cc2ccccc2c(-c2ccccc2)c1-c1ccccc1. The van der Waals surface area contributed by atoms with E-state index >= 15 is 0 Å². The Morgan fingerprint density at radius 2 is 1.04 bits per heavy atom. The smallest absolute Gasteiger partial charge is 0.0656 e. The first-order chi connectivity index (χ1) is 12.6. The topological polar surface area (TPSA) is 0 Å². The average molecular weight is 353 g/mol. The molecule has 0 heterocycles. The van der Waals surface area contributed by atoms with Crippen LogP contribution in [-0.2, 0) is 0 Å². The van der Waals surface area contributed by atoms with Gasteiger partial charge in [-0.3, -0.25) is 0 Å². The van der Waals surface area contributed by atoms with Crippen LogP contribution in [0.15, 0.2) is 91.0 Å². The third kappa shape index (κ3) is 3.00. The van der Waals surface area contributed by atoms with Gasteiger partial charge < -0.3 is 0 Å². The lowest BCUT2D eigenvalue weighted by atomic mass is 9.89. The van der Waals surface area contributed by atoms with E-state index in [0.29, 0.717) is 0 Å². The van der Waals surface area contributed by atoms with E-state index < -0.39 is 8.07 Å². The molecule has 0 nitrogen and oxygen atoms in total. The molecule has 128 valence electrons. The zero-order chi connectivity index (χ0) is 18.1. The quantitative estimate of drug-likeness (QED) is 0.359. The minimum absolute atomic E-state index is 1.29. The second-order valence-electron chi connectivity index (χ2n) is 7.88. The van der Waals surface area contributed by atoms with Gasteiger partial charge >= 0.3 is 0 Å².